The Kier molecular flexibility index (Phi) is 6.20. The van der Waals surface area contributed by atoms with Crippen LogP contribution in [0.25, 0.3) is 0 Å². The molecule has 4 rings (SSSR count). The van der Waals surface area contributed by atoms with Gasteiger partial charge in [0.15, 0.2) is 0 Å². The number of carbonyl (C=O) groups is 2. The Morgan fingerprint density at radius 2 is 1.55 bits per heavy atom. The van der Waals surface area contributed by atoms with Crippen molar-refractivity contribution in [3.8, 4) is 0 Å². The molecule has 0 aliphatic carbocycles. The van der Waals surface area contributed by atoms with E-state index in [9.17, 15) is 18.0 Å². The van der Waals surface area contributed by atoms with Gasteiger partial charge in [0.25, 0.3) is 15.9 Å². The highest BCUT2D eigenvalue weighted by Crippen LogP contribution is 2.25. The molecule has 1 aliphatic rings. The third-order valence-corrected chi connectivity index (χ3v) is 7.02. The summed E-state index contributed by atoms with van der Waals surface area (Å²) in [5.41, 5.74) is 3.93. The number of para-hydroxylation sites is 1. The van der Waals surface area contributed by atoms with Crippen molar-refractivity contribution in [3.05, 3.63) is 83.4 Å². The minimum atomic E-state index is -3.77. The molecule has 0 saturated carbocycles. The minimum absolute atomic E-state index is 0.0920. The summed E-state index contributed by atoms with van der Waals surface area (Å²) in [6.07, 6.45) is 1.39. The van der Waals surface area contributed by atoms with Crippen molar-refractivity contribution >= 4 is 38.9 Å². The molecule has 0 aromatic heterocycles. The molecule has 1 aliphatic heterocycles. The Labute approximate surface area is 193 Å². The quantitative estimate of drug-likeness (QED) is 0.563. The molecule has 2 N–H and O–H groups in total. The molecular formula is C25H25N3O4S. The summed E-state index contributed by atoms with van der Waals surface area (Å²) >= 11 is 0. The first-order valence-corrected chi connectivity index (χ1v) is 12.1. The van der Waals surface area contributed by atoms with Crippen molar-refractivity contribution in [2.75, 3.05) is 21.5 Å². The normalized spacial score (nSPS) is 13.8. The van der Waals surface area contributed by atoms with Crippen LogP contribution in [0.1, 0.15) is 34.3 Å². The van der Waals surface area contributed by atoms with Crippen LogP contribution in [0.15, 0.2) is 71.6 Å². The first-order valence-electron chi connectivity index (χ1n) is 10.7. The second-order valence-electron chi connectivity index (χ2n) is 8.05. The van der Waals surface area contributed by atoms with Crippen molar-refractivity contribution in [2.24, 2.45) is 0 Å². The maximum absolute atomic E-state index is 12.8. The standard InChI is InChI=1S/C25H25N3O4S/c1-17-5-3-6-18(2)24(17)27-33(31,32)22-14-10-20(11-15-22)26-25(30)19-8-12-21(13-9-19)28-16-4-7-23(28)29/h3,5-6,8-15,27H,4,7,16H2,1-2H3,(H,26,30). The van der Waals surface area contributed by atoms with Gasteiger partial charge in [-0.05, 0) is 79.9 Å². The molecule has 0 bridgehead atoms. The molecule has 8 heteroatoms. The van der Waals surface area contributed by atoms with Crippen LogP contribution in [0.3, 0.4) is 0 Å². The van der Waals surface area contributed by atoms with Crippen molar-refractivity contribution in [1.82, 2.24) is 0 Å². The van der Waals surface area contributed by atoms with Crippen LogP contribution in [0.2, 0.25) is 0 Å². The molecule has 1 fully saturated rings. The zero-order chi connectivity index (χ0) is 23.6. The lowest BCUT2D eigenvalue weighted by atomic mass is 10.1. The number of hydrogen-bond acceptors (Lipinski definition) is 4. The first kappa shape index (κ1) is 22.5. The molecule has 0 radical (unpaired) electrons. The maximum Gasteiger partial charge on any atom is 0.261 e. The minimum Gasteiger partial charge on any atom is -0.322 e. The smallest absolute Gasteiger partial charge is 0.261 e. The molecule has 1 heterocycles. The van der Waals surface area contributed by atoms with E-state index in [2.05, 4.69) is 10.0 Å². The van der Waals surface area contributed by atoms with Crippen LogP contribution in [-0.2, 0) is 14.8 Å². The Morgan fingerprint density at radius 3 is 2.12 bits per heavy atom. The first-order chi connectivity index (χ1) is 15.7. The van der Waals surface area contributed by atoms with E-state index >= 15 is 0 Å². The molecule has 0 spiro atoms. The van der Waals surface area contributed by atoms with Gasteiger partial charge in [0.1, 0.15) is 0 Å². The molecule has 7 nitrogen and oxygen atoms in total. The van der Waals surface area contributed by atoms with E-state index in [0.29, 0.717) is 29.9 Å². The van der Waals surface area contributed by atoms with Gasteiger partial charge in [0.05, 0.1) is 10.6 Å². The Morgan fingerprint density at radius 1 is 0.909 bits per heavy atom. The fourth-order valence-electron chi connectivity index (χ4n) is 3.80. The second kappa shape index (κ2) is 9.07. The lowest BCUT2D eigenvalue weighted by Crippen LogP contribution is -2.23. The SMILES string of the molecule is Cc1cccc(C)c1NS(=O)(=O)c1ccc(NC(=O)c2ccc(N3CCCC3=O)cc2)cc1. The van der Waals surface area contributed by atoms with E-state index in [1.165, 1.54) is 12.1 Å². The summed E-state index contributed by atoms with van der Waals surface area (Å²) in [4.78, 5) is 26.3. The van der Waals surface area contributed by atoms with Gasteiger partial charge in [0, 0.05) is 29.9 Å². The van der Waals surface area contributed by atoms with Crippen molar-refractivity contribution in [1.29, 1.82) is 0 Å². The highest BCUT2D eigenvalue weighted by Gasteiger charge is 2.22. The number of anilines is 3. The summed E-state index contributed by atoms with van der Waals surface area (Å²) in [6.45, 7) is 4.38. The number of nitrogens with one attached hydrogen (secondary N) is 2. The van der Waals surface area contributed by atoms with Gasteiger partial charge in [-0.1, -0.05) is 18.2 Å². The van der Waals surface area contributed by atoms with Gasteiger partial charge in [0.2, 0.25) is 5.91 Å². The number of carbonyl (C=O) groups excluding carboxylic acids is 2. The second-order valence-corrected chi connectivity index (χ2v) is 9.73. The zero-order valence-electron chi connectivity index (χ0n) is 18.5. The largest absolute Gasteiger partial charge is 0.322 e. The molecule has 1 saturated heterocycles. The zero-order valence-corrected chi connectivity index (χ0v) is 19.3. The molecule has 3 aromatic rings. The summed E-state index contributed by atoms with van der Waals surface area (Å²) in [5, 5.41) is 2.77. The number of aryl methyl sites for hydroxylation is 2. The van der Waals surface area contributed by atoms with E-state index in [4.69, 9.17) is 0 Å². The molecule has 2 amide bonds. The van der Waals surface area contributed by atoms with Crippen LogP contribution in [0, 0.1) is 13.8 Å². The Balaban J connectivity index is 1.44. The predicted octanol–water partition coefficient (Wildman–Crippen LogP) is 4.48. The lowest BCUT2D eigenvalue weighted by molar-refractivity contribution is -0.117. The monoisotopic (exact) mass is 463 g/mol. The Bertz CT molecular complexity index is 1280. The molecule has 3 aromatic carbocycles. The number of nitrogens with zero attached hydrogens (tertiary/aromatic N) is 1. The fraction of sp³-hybridized carbons (Fsp3) is 0.200. The van der Waals surface area contributed by atoms with Crippen LogP contribution >= 0.6 is 0 Å². The third-order valence-electron chi connectivity index (χ3n) is 5.65. The number of rotatable bonds is 6. The number of benzene rings is 3. The summed E-state index contributed by atoms with van der Waals surface area (Å²) in [5.74, 6) is -0.229. The topological polar surface area (TPSA) is 95.6 Å². The van der Waals surface area contributed by atoms with Gasteiger partial charge in [-0.15, -0.1) is 0 Å². The molecule has 0 unspecified atom stereocenters. The number of hydrogen-bond donors (Lipinski definition) is 2. The van der Waals surface area contributed by atoms with E-state index in [0.717, 1.165) is 23.2 Å². The fourth-order valence-corrected chi connectivity index (χ4v) is 5.01. The number of sulfonamides is 1. The summed E-state index contributed by atoms with van der Waals surface area (Å²) < 4.78 is 28.2. The van der Waals surface area contributed by atoms with Crippen LogP contribution in [0.4, 0.5) is 17.1 Å². The lowest BCUT2D eigenvalue weighted by Gasteiger charge is -2.16. The maximum atomic E-state index is 12.8. The third kappa shape index (κ3) is 4.90. The van der Waals surface area contributed by atoms with E-state index < -0.39 is 10.0 Å². The highest BCUT2D eigenvalue weighted by atomic mass is 32.2. The van der Waals surface area contributed by atoms with Crippen LogP contribution in [-0.4, -0.2) is 26.8 Å². The summed E-state index contributed by atoms with van der Waals surface area (Å²) in [6, 6.07) is 18.4. The average molecular weight is 464 g/mol. The molecule has 33 heavy (non-hydrogen) atoms. The van der Waals surface area contributed by atoms with Gasteiger partial charge in [-0.25, -0.2) is 8.42 Å². The predicted molar refractivity (Wildman–Crippen MR) is 129 cm³/mol. The Hall–Kier alpha value is -3.65. The molecule has 170 valence electrons. The van der Waals surface area contributed by atoms with Gasteiger partial charge in [-0.2, -0.15) is 0 Å². The average Bonchev–Trinajstić information content (AvgIpc) is 3.23. The van der Waals surface area contributed by atoms with Gasteiger partial charge >= 0.3 is 0 Å². The highest BCUT2D eigenvalue weighted by molar-refractivity contribution is 7.92. The number of amides is 2. The van der Waals surface area contributed by atoms with E-state index in [-0.39, 0.29) is 16.7 Å². The molecular weight excluding hydrogens is 438 g/mol. The van der Waals surface area contributed by atoms with Crippen molar-refractivity contribution < 1.29 is 18.0 Å². The van der Waals surface area contributed by atoms with Gasteiger partial charge < -0.3 is 10.2 Å². The van der Waals surface area contributed by atoms with E-state index in [1.54, 1.807) is 41.3 Å². The molecule has 0 atom stereocenters. The summed E-state index contributed by atoms with van der Waals surface area (Å²) in [7, 11) is -3.77. The van der Waals surface area contributed by atoms with E-state index in [1.807, 2.05) is 32.0 Å². The van der Waals surface area contributed by atoms with Crippen molar-refractivity contribution in [2.45, 2.75) is 31.6 Å². The van der Waals surface area contributed by atoms with Crippen LogP contribution < -0.4 is 14.9 Å². The van der Waals surface area contributed by atoms with Crippen LogP contribution in [0.5, 0.6) is 0 Å². The van der Waals surface area contributed by atoms with Crippen molar-refractivity contribution in [3.63, 3.8) is 0 Å². The van der Waals surface area contributed by atoms with Gasteiger partial charge in [-0.3, -0.25) is 14.3 Å².